The smallest absolute Gasteiger partial charge is 0.136 e. The van der Waals surface area contributed by atoms with E-state index in [9.17, 15) is 4.39 Å². The minimum absolute atomic E-state index is 0.315. The molecule has 0 saturated heterocycles. The van der Waals surface area contributed by atoms with Crippen molar-refractivity contribution in [2.75, 3.05) is 7.11 Å². The van der Waals surface area contributed by atoms with Gasteiger partial charge in [0, 0.05) is 6.04 Å². The standard InChI is InChI=1S/C14H16FN3O/c1-19-12-4-2-3-10(15)14(12)11-7-17-13(18-11)8-16-9-5-6-9/h2-4,7,9,16H,5-6,8H2,1H3,(H,17,18). The Balaban J connectivity index is 1.84. The first kappa shape index (κ1) is 12.2. The molecule has 19 heavy (non-hydrogen) atoms. The summed E-state index contributed by atoms with van der Waals surface area (Å²) in [6.07, 6.45) is 4.11. The Hall–Kier alpha value is -1.88. The molecular weight excluding hydrogens is 245 g/mol. The van der Waals surface area contributed by atoms with E-state index in [0.29, 0.717) is 29.6 Å². The van der Waals surface area contributed by atoms with Crippen LogP contribution in [0.4, 0.5) is 4.39 Å². The predicted molar refractivity (Wildman–Crippen MR) is 70.4 cm³/mol. The molecule has 1 aromatic heterocycles. The van der Waals surface area contributed by atoms with Gasteiger partial charge in [0.05, 0.1) is 31.1 Å². The molecule has 1 aliphatic carbocycles. The van der Waals surface area contributed by atoms with E-state index in [0.717, 1.165) is 5.82 Å². The average Bonchev–Trinajstić information content (AvgIpc) is 3.14. The number of halogens is 1. The van der Waals surface area contributed by atoms with Crippen LogP contribution in [0, 0.1) is 5.82 Å². The summed E-state index contributed by atoms with van der Waals surface area (Å²) in [5.74, 6) is 1.00. The summed E-state index contributed by atoms with van der Waals surface area (Å²) in [4.78, 5) is 7.40. The topological polar surface area (TPSA) is 49.9 Å². The molecule has 5 heteroatoms. The van der Waals surface area contributed by atoms with E-state index in [1.54, 1.807) is 18.3 Å². The molecule has 1 aliphatic rings. The van der Waals surface area contributed by atoms with E-state index >= 15 is 0 Å². The number of hydrogen-bond donors (Lipinski definition) is 2. The molecule has 0 spiro atoms. The van der Waals surface area contributed by atoms with Crippen LogP contribution >= 0.6 is 0 Å². The van der Waals surface area contributed by atoms with Crippen LogP contribution in [0.15, 0.2) is 24.4 Å². The highest BCUT2D eigenvalue weighted by Crippen LogP contribution is 2.31. The molecule has 0 aliphatic heterocycles. The minimum Gasteiger partial charge on any atom is -0.496 e. The number of nitrogens with one attached hydrogen (secondary N) is 2. The van der Waals surface area contributed by atoms with Crippen LogP contribution in [-0.4, -0.2) is 23.1 Å². The van der Waals surface area contributed by atoms with Crippen molar-refractivity contribution >= 4 is 0 Å². The summed E-state index contributed by atoms with van der Waals surface area (Å²) in [7, 11) is 1.53. The van der Waals surface area contributed by atoms with Crippen LogP contribution in [0.2, 0.25) is 0 Å². The van der Waals surface area contributed by atoms with E-state index in [1.165, 1.54) is 26.0 Å². The molecule has 0 amide bonds. The van der Waals surface area contributed by atoms with Crippen LogP contribution in [-0.2, 0) is 6.54 Å². The fourth-order valence-electron chi connectivity index (χ4n) is 2.04. The predicted octanol–water partition coefficient (Wildman–Crippen LogP) is 2.48. The maximum Gasteiger partial charge on any atom is 0.136 e. The molecule has 2 aromatic rings. The molecule has 100 valence electrons. The van der Waals surface area contributed by atoms with Crippen molar-refractivity contribution in [3.8, 4) is 17.0 Å². The Bertz CT molecular complexity index is 578. The van der Waals surface area contributed by atoms with Gasteiger partial charge >= 0.3 is 0 Å². The minimum atomic E-state index is -0.315. The molecule has 0 bridgehead atoms. The first-order chi connectivity index (χ1) is 9.28. The van der Waals surface area contributed by atoms with Gasteiger partial charge in [-0.05, 0) is 25.0 Å². The Morgan fingerprint density at radius 1 is 1.47 bits per heavy atom. The van der Waals surface area contributed by atoms with Gasteiger partial charge < -0.3 is 15.0 Å². The monoisotopic (exact) mass is 261 g/mol. The highest BCUT2D eigenvalue weighted by Gasteiger charge is 2.21. The van der Waals surface area contributed by atoms with E-state index in [2.05, 4.69) is 15.3 Å². The molecule has 2 N–H and O–H groups in total. The molecule has 1 fully saturated rings. The maximum atomic E-state index is 13.9. The van der Waals surface area contributed by atoms with Crippen LogP contribution < -0.4 is 10.1 Å². The SMILES string of the molecule is COc1cccc(F)c1-c1cnc(CNC2CC2)[nH]1. The number of rotatable bonds is 5. The molecule has 1 aromatic carbocycles. The summed E-state index contributed by atoms with van der Waals surface area (Å²) >= 11 is 0. The van der Waals surface area contributed by atoms with Crippen LogP contribution in [0.1, 0.15) is 18.7 Å². The first-order valence-corrected chi connectivity index (χ1v) is 6.38. The lowest BCUT2D eigenvalue weighted by molar-refractivity contribution is 0.413. The Morgan fingerprint density at radius 3 is 3.05 bits per heavy atom. The van der Waals surface area contributed by atoms with Gasteiger partial charge in [0.25, 0.3) is 0 Å². The van der Waals surface area contributed by atoms with E-state index < -0.39 is 0 Å². The molecule has 0 atom stereocenters. The number of aromatic amines is 1. The summed E-state index contributed by atoms with van der Waals surface area (Å²) < 4.78 is 19.1. The number of methoxy groups -OCH3 is 1. The summed E-state index contributed by atoms with van der Waals surface area (Å²) in [6, 6.07) is 5.41. The normalized spacial score (nSPS) is 14.6. The molecule has 0 radical (unpaired) electrons. The van der Waals surface area contributed by atoms with E-state index in [-0.39, 0.29) is 5.82 Å². The van der Waals surface area contributed by atoms with Gasteiger partial charge in [-0.15, -0.1) is 0 Å². The third kappa shape index (κ3) is 2.61. The van der Waals surface area contributed by atoms with Gasteiger partial charge in [0.2, 0.25) is 0 Å². The molecule has 0 unspecified atom stereocenters. The highest BCUT2D eigenvalue weighted by atomic mass is 19.1. The fraction of sp³-hybridized carbons (Fsp3) is 0.357. The molecule has 3 rings (SSSR count). The third-order valence-electron chi connectivity index (χ3n) is 3.23. The van der Waals surface area contributed by atoms with Gasteiger partial charge in [-0.2, -0.15) is 0 Å². The maximum absolute atomic E-state index is 13.9. The lowest BCUT2D eigenvalue weighted by Gasteiger charge is -2.07. The molecular formula is C14H16FN3O. The number of hydrogen-bond acceptors (Lipinski definition) is 3. The number of aromatic nitrogens is 2. The third-order valence-corrected chi connectivity index (χ3v) is 3.23. The van der Waals surface area contributed by atoms with Gasteiger partial charge in [-0.25, -0.2) is 9.37 Å². The zero-order valence-electron chi connectivity index (χ0n) is 10.7. The summed E-state index contributed by atoms with van der Waals surface area (Å²) in [6.45, 7) is 0.682. The van der Waals surface area contributed by atoms with Crippen LogP contribution in [0.5, 0.6) is 5.75 Å². The zero-order valence-corrected chi connectivity index (χ0v) is 10.7. The second-order valence-electron chi connectivity index (χ2n) is 4.72. The fourth-order valence-corrected chi connectivity index (χ4v) is 2.04. The van der Waals surface area contributed by atoms with Gasteiger partial charge in [-0.3, -0.25) is 0 Å². The summed E-state index contributed by atoms with van der Waals surface area (Å²) in [5, 5.41) is 3.36. The first-order valence-electron chi connectivity index (χ1n) is 6.38. The van der Waals surface area contributed by atoms with Crippen molar-refractivity contribution < 1.29 is 9.13 Å². The van der Waals surface area contributed by atoms with Crippen molar-refractivity contribution in [3.63, 3.8) is 0 Å². The summed E-state index contributed by atoms with van der Waals surface area (Å²) in [5.41, 5.74) is 1.07. The largest absolute Gasteiger partial charge is 0.496 e. The second-order valence-corrected chi connectivity index (χ2v) is 4.72. The Kier molecular flexibility index (Phi) is 3.21. The molecule has 1 heterocycles. The zero-order chi connectivity index (χ0) is 13.2. The molecule has 1 saturated carbocycles. The lowest BCUT2D eigenvalue weighted by atomic mass is 10.1. The van der Waals surface area contributed by atoms with Crippen molar-refractivity contribution in [2.24, 2.45) is 0 Å². The number of ether oxygens (including phenoxy) is 1. The highest BCUT2D eigenvalue weighted by molar-refractivity contribution is 5.67. The van der Waals surface area contributed by atoms with Gasteiger partial charge in [-0.1, -0.05) is 6.07 Å². The van der Waals surface area contributed by atoms with Crippen molar-refractivity contribution in [2.45, 2.75) is 25.4 Å². The van der Waals surface area contributed by atoms with Crippen molar-refractivity contribution in [1.29, 1.82) is 0 Å². The average molecular weight is 261 g/mol. The number of imidazole rings is 1. The van der Waals surface area contributed by atoms with Gasteiger partial charge in [0.15, 0.2) is 0 Å². The molecule has 4 nitrogen and oxygen atoms in total. The number of benzene rings is 1. The van der Waals surface area contributed by atoms with Gasteiger partial charge in [0.1, 0.15) is 17.4 Å². The number of nitrogens with zero attached hydrogens (tertiary/aromatic N) is 1. The van der Waals surface area contributed by atoms with E-state index in [1.807, 2.05) is 0 Å². The second kappa shape index (κ2) is 5.01. The lowest BCUT2D eigenvalue weighted by Crippen LogP contribution is -2.16. The Morgan fingerprint density at radius 2 is 2.32 bits per heavy atom. The number of H-pyrrole nitrogens is 1. The van der Waals surface area contributed by atoms with Crippen LogP contribution in [0.25, 0.3) is 11.3 Å². The van der Waals surface area contributed by atoms with Crippen molar-refractivity contribution in [3.05, 3.63) is 36.0 Å². The quantitative estimate of drug-likeness (QED) is 0.869. The van der Waals surface area contributed by atoms with Crippen LogP contribution in [0.3, 0.4) is 0 Å². The van der Waals surface area contributed by atoms with E-state index in [4.69, 9.17) is 4.74 Å². The Labute approximate surface area is 111 Å². The van der Waals surface area contributed by atoms with Crippen molar-refractivity contribution in [1.82, 2.24) is 15.3 Å².